The number of ether oxygens (including phenoxy) is 3. The Hall–Kier alpha value is -3.39. The van der Waals surface area contributed by atoms with Crippen molar-refractivity contribution in [3.63, 3.8) is 0 Å². The van der Waals surface area contributed by atoms with Gasteiger partial charge in [0.15, 0.2) is 5.13 Å². The molecule has 156 valence electrons. The van der Waals surface area contributed by atoms with Gasteiger partial charge in [-0.3, -0.25) is 10.1 Å². The number of anilines is 1. The van der Waals surface area contributed by atoms with E-state index in [1.54, 1.807) is 61.0 Å². The highest BCUT2D eigenvalue weighted by Gasteiger charge is 2.14. The molecule has 3 aromatic rings. The molecule has 0 saturated carbocycles. The van der Waals surface area contributed by atoms with Gasteiger partial charge in [0.1, 0.15) is 17.2 Å². The second kappa shape index (κ2) is 9.89. The summed E-state index contributed by atoms with van der Waals surface area (Å²) in [4.78, 5) is 28.5. The van der Waals surface area contributed by atoms with Crippen LogP contribution in [0.15, 0.2) is 54.0 Å². The molecule has 8 heteroatoms. The van der Waals surface area contributed by atoms with Crippen molar-refractivity contribution in [1.82, 2.24) is 4.98 Å². The number of carbonyl (C=O) groups excluding carboxylic acids is 2. The minimum absolute atomic E-state index is 0.0704. The first-order valence-corrected chi connectivity index (χ1v) is 10.3. The van der Waals surface area contributed by atoms with E-state index in [-0.39, 0.29) is 12.0 Å². The van der Waals surface area contributed by atoms with E-state index in [1.165, 1.54) is 11.3 Å². The van der Waals surface area contributed by atoms with E-state index >= 15 is 0 Å². The van der Waals surface area contributed by atoms with Crippen LogP contribution < -0.4 is 14.8 Å². The van der Waals surface area contributed by atoms with Crippen molar-refractivity contribution >= 4 is 28.3 Å². The van der Waals surface area contributed by atoms with E-state index in [4.69, 9.17) is 14.2 Å². The number of hydrogen-bond acceptors (Lipinski definition) is 7. The molecule has 30 heavy (non-hydrogen) atoms. The molecule has 1 aromatic heterocycles. The molecule has 7 nitrogen and oxygen atoms in total. The summed E-state index contributed by atoms with van der Waals surface area (Å²) in [5.41, 5.74) is 0.811. The zero-order valence-corrected chi connectivity index (χ0v) is 17.7. The first-order chi connectivity index (χ1) is 14.4. The lowest BCUT2D eigenvalue weighted by molar-refractivity contribution is 0.0526. The van der Waals surface area contributed by atoms with E-state index in [1.807, 2.05) is 13.8 Å². The number of aromatic nitrogens is 1. The second-order valence-electron chi connectivity index (χ2n) is 6.50. The van der Waals surface area contributed by atoms with Gasteiger partial charge < -0.3 is 14.2 Å². The molecule has 0 aliphatic rings. The highest BCUT2D eigenvalue weighted by molar-refractivity contribution is 7.13. The van der Waals surface area contributed by atoms with Gasteiger partial charge in [0.2, 0.25) is 0 Å². The maximum atomic E-state index is 12.6. The summed E-state index contributed by atoms with van der Waals surface area (Å²) in [6.45, 7) is 5.86. The average molecular weight is 426 g/mol. The fourth-order valence-electron chi connectivity index (χ4n) is 2.57. The highest BCUT2D eigenvalue weighted by Crippen LogP contribution is 2.29. The minimum atomic E-state index is -0.391. The second-order valence-corrected chi connectivity index (χ2v) is 7.39. The maximum absolute atomic E-state index is 12.6. The number of rotatable bonds is 8. The van der Waals surface area contributed by atoms with Crippen LogP contribution in [-0.2, 0) is 4.74 Å². The predicted molar refractivity (Wildman–Crippen MR) is 115 cm³/mol. The van der Waals surface area contributed by atoms with E-state index in [0.29, 0.717) is 40.1 Å². The summed E-state index contributed by atoms with van der Waals surface area (Å²) in [7, 11) is 0. The Labute approximate surface area is 178 Å². The quantitative estimate of drug-likeness (QED) is 0.501. The summed E-state index contributed by atoms with van der Waals surface area (Å²) in [6, 6.07) is 11.6. The van der Waals surface area contributed by atoms with Crippen LogP contribution in [0.1, 0.15) is 41.5 Å². The molecule has 1 heterocycles. The van der Waals surface area contributed by atoms with Crippen molar-refractivity contribution in [2.24, 2.45) is 0 Å². The summed E-state index contributed by atoms with van der Waals surface area (Å²) in [5, 5.41) is 5.03. The number of amides is 1. The lowest BCUT2D eigenvalue weighted by atomic mass is 10.2. The van der Waals surface area contributed by atoms with Gasteiger partial charge in [-0.2, -0.15) is 0 Å². The third kappa shape index (κ3) is 5.81. The lowest BCUT2D eigenvalue weighted by Crippen LogP contribution is -2.13. The fraction of sp³-hybridized carbons (Fsp3) is 0.227. The molecule has 0 fully saturated rings. The van der Waals surface area contributed by atoms with Gasteiger partial charge in [0, 0.05) is 23.2 Å². The molecule has 0 saturated heterocycles. The average Bonchev–Trinajstić information content (AvgIpc) is 3.21. The third-order valence-electron chi connectivity index (χ3n) is 3.77. The van der Waals surface area contributed by atoms with Crippen LogP contribution in [0.5, 0.6) is 17.2 Å². The van der Waals surface area contributed by atoms with Crippen LogP contribution in [0.4, 0.5) is 5.13 Å². The molecular formula is C22H22N2O5S. The van der Waals surface area contributed by atoms with Crippen LogP contribution in [0.25, 0.3) is 0 Å². The highest BCUT2D eigenvalue weighted by atomic mass is 32.1. The maximum Gasteiger partial charge on any atom is 0.338 e. The first-order valence-electron chi connectivity index (χ1n) is 9.42. The minimum Gasteiger partial charge on any atom is -0.491 e. The van der Waals surface area contributed by atoms with Crippen molar-refractivity contribution < 1.29 is 23.8 Å². The molecular weight excluding hydrogens is 404 g/mol. The van der Waals surface area contributed by atoms with Gasteiger partial charge in [-0.05, 0) is 57.2 Å². The van der Waals surface area contributed by atoms with Gasteiger partial charge in [-0.25, -0.2) is 9.78 Å². The number of hydrogen-bond donors (Lipinski definition) is 1. The number of esters is 1. The zero-order valence-electron chi connectivity index (χ0n) is 16.9. The number of benzene rings is 2. The van der Waals surface area contributed by atoms with Crippen molar-refractivity contribution in [3.8, 4) is 17.2 Å². The summed E-state index contributed by atoms with van der Waals surface area (Å²) >= 11 is 1.33. The molecule has 0 radical (unpaired) electrons. The molecule has 2 aromatic carbocycles. The Morgan fingerprint density at radius 1 is 1.03 bits per heavy atom. The molecule has 0 bridgehead atoms. The smallest absolute Gasteiger partial charge is 0.338 e. The van der Waals surface area contributed by atoms with E-state index in [0.717, 1.165) is 0 Å². The summed E-state index contributed by atoms with van der Waals surface area (Å²) in [6.07, 6.45) is 1.55. The van der Waals surface area contributed by atoms with E-state index in [2.05, 4.69) is 10.3 Å². The van der Waals surface area contributed by atoms with E-state index < -0.39 is 5.97 Å². The van der Waals surface area contributed by atoms with Gasteiger partial charge in [-0.15, -0.1) is 11.3 Å². The Kier molecular flexibility index (Phi) is 7.03. The monoisotopic (exact) mass is 426 g/mol. The summed E-state index contributed by atoms with van der Waals surface area (Å²) in [5.74, 6) is 0.742. The molecule has 3 rings (SSSR count). The van der Waals surface area contributed by atoms with E-state index in [9.17, 15) is 9.59 Å². The topological polar surface area (TPSA) is 86.8 Å². The van der Waals surface area contributed by atoms with Crippen LogP contribution in [0, 0.1) is 0 Å². The SMILES string of the molecule is CCOC(=O)c1ccc(Oc2cc(OC(C)C)cc(C(=O)Nc3nccs3)c2)cc1. The number of thiazole rings is 1. The predicted octanol–water partition coefficient (Wildman–Crippen LogP) is 5.15. The summed E-state index contributed by atoms with van der Waals surface area (Å²) < 4.78 is 16.6. The fourth-order valence-corrected chi connectivity index (χ4v) is 3.09. The van der Waals surface area contributed by atoms with Crippen molar-refractivity contribution in [2.75, 3.05) is 11.9 Å². The third-order valence-corrected chi connectivity index (χ3v) is 4.46. The Balaban J connectivity index is 1.82. The molecule has 0 unspecified atom stereocenters. The van der Waals surface area contributed by atoms with Crippen LogP contribution >= 0.6 is 11.3 Å². The van der Waals surface area contributed by atoms with Gasteiger partial charge in [0.05, 0.1) is 18.3 Å². The molecule has 0 aliphatic carbocycles. The molecule has 0 aliphatic heterocycles. The zero-order chi connectivity index (χ0) is 21.5. The normalized spacial score (nSPS) is 10.5. The van der Waals surface area contributed by atoms with Crippen LogP contribution in [0.2, 0.25) is 0 Å². The van der Waals surface area contributed by atoms with Crippen molar-refractivity contribution in [2.45, 2.75) is 26.9 Å². The van der Waals surface area contributed by atoms with Gasteiger partial charge in [-0.1, -0.05) is 0 Å². The Morgan fingerprint density at radius 3 is 2.40 bits per heavy atom. The molecule has 0 spiro atoms. The van der Waals surface area contributed by atoms with Crippen molar-refractivity contribution in [3.05, 3.63) is 65.2 Å². The standard InChI is InChI=1S/C22H22N2O5S/c1-4-27-21(26)15-5-7-17(8-6-15)29-19-12-16(11-18(13-19)28-14(2)3)20(25)24-22-23-9-10-30-22/h5-14H,4H2,1-3H3,(H,23,24,25). The number of carbonyl (C=O) groups is 2. The van der Waals surface area contributed by atoms with Gasteiger partial charge in [0.25, 0.3) is 5.91 Å². The first kappa shape index (κ1) is 21.3. The molecule has 1 N–H and O–H groups in total. The Bertz CT molecular complexity index is 1000. The molecule has 0 atom stereocenters. The number of nitrogens with zero attached hydrogens (tertiary/aromatic N) is 1. The van der Waals surface area contributed by atoms with Gasteiger partial charge >= 0.3 is 5.97 Å². The largest absolute Gasteiger partial charge is 0.491 e. The lowest BCUT2D eigenvalue weighted by Gasteiger charge is -2.14. The van der Waals surface area contributed by atoms with Crippen LogP contribution in [-0.4, -0.2) is 29.6 Å². The number of nitrogens with one attached hydrogen (secondary N) is 1. The molecule has 1 amide bonds. The Morgan fingerprint density at radius 2 is 1.77 bits per heavy atom. The van der Waals surface area contributed by atoms with Crippen LogP contribution in [0.3, 0.4) is 0 Å². The van der Waals surface area contributed by atoms with Crippen molar-refractivity contribution in [1.29, 1.82) is 0 Å².